The van der Waals surface area contributed by atoms with E-state index in [9.17, 15) is 10.1 Å². The van der Waals surface area contributed by atoms with Crippen LogP contribution in [0.4, 0.5) is 17.3 Å². The summed E-state index contributed by atoms with van der Waals surface area (Å²) in [6.07, 6.45) is 6.48. The molecule has 1 aromatic heterocycles. The third kappa shape index (κ3) is 4.36. The van der Waals surface area contributed by atoms with Gasteiger partial charge in [-0.2, -0.15) is 11.8 Å². The predicted octanol–water partition coefficient (Wildman–Crippen LogP) is 1.91. The average molecular weight is 271 g/mol. The zero-order valence-corrected chi connectivity index (χ0v) is 11.1. The zero-order chi connectivity index (χ0) is 13.4. The highest BCUT2D eigenvalue weighted by Gasteiger charge is 2.20. The first-order chi connectivity index (χ1) is 8.66. The van der Waals surface area contributed by atoms with Crippen LogP contribution in [0.25, 0.3) is 0 Å². The Labute approximate surface area is 110 Å². The summed E-state index contributed by atoms with van der Waals surface area (Å²) in [7, 11) is 0. The summed E-state index contributed by atoms with van der Waals surface area (Å²) in [5.74, 6) is 1.22. The van der Waals surface area contributed by atoms with E-state index in [1.807, 2.05) is 11.8 Å². The van der Waals surface area contributed by atoms with Gasteiger partial charge in [0.1, 0.15) is 6.33 Å². The van der Waals surface area contributed by atoms with Crippen LogP contribution in [0.15, 0.2) is 6.33 Å². The van der Waals surface area contributed by atoms with Crippen molar-refractivity contribution in [2.75, 3.05) is 29.6 Å². The maximum atomic E-state index is 10.8. The second-order valence-electron chi connectivity index (χ2n) is 3.69. The van der Waals surface area contributed by atoms with Crippen LogP contribution in [-0.4, -0.2) is 33.4 Å². The summed E-state index contributed by atoms with van der Waals surface area (Å²) < 4.78 is 0. The van der Waals surface area contributed by atoms with Crippen LogP contribution < -0.4 is 11.1 Å². The lowest BCUT2D eigenvalue weighted by Gasteiger charge is -2.06. The van der Waals surface area contributed by atoms with Crippen molar-refractivity contribution in [3.63, 3.8) is 0 Å². The molecule has 0 aliphatic carbocycles. The molecule has 1 rings (SSSR count). The molecule has 0 amide bonds. The number of rotatable bonds is 8. The summed E-state index contributed by atoms with van der Waals surface area (Å²) in [4.78, 5) is 17.7. The van der Waals surface area contributed by atoms with Gasteiger partial charge in [0.05, 0.1) is 4.92 Å². The number of nitrogens with zero attached hydrogens (tertiary/aromatic N) is 3. The van der Waals surface area contributed by atoms with Crippen molar-refractivity contribution in [1.82, 2.24) is 9.97 Å². The Morgan fingerprint density at radius 1 is 1.44 bits per heavy atom. The smallest absolute Gasteiger partial charge is 0.352 e. The number of unbranched alkanes of at least 4 members (excludes halogenated alkanes) is 2. The van der Waals surface area contributed by atoms with E-state index in [1.165, 1.54) is 6.33 Å². The van der Waals surface area contributed by atoms with Crippen molar-refractivity contribution < 1.29 is 4.92 Å². The fourth-order valence-corrected chi connectivity index (χ4v) is 1.95. The van der Waals surface area contributed by atoms with Crippen molar-refractivity contribution in [2.24, 2.45) is 0 Å². The molecule has 0 saturated carbocycles. The molecule has 0 fully saturated rings. The maximum absolute atomic E-state index is 10.8. The number of anilines is 2. The lowest BCUT2D eigenvalue weighted by atomic mass is 10.2. The molecule has 0 aliphatic rings. The van der Waals surface area contributed by atoms with Gasteiger partial charge in [-0.25, -0.2) is 9.97 Å². The number of hydrogen-bond donors (Lipinski definition) is 2. The molecule has 0 spiro atoms. The van der Waals surface area contributed by atoms with E-state index >= 15 is 0 Å². The monoisotopic (exact) mass is 271 g/mol. The minimum absolute atomic E-state index is 0.111. The van der Waals surface area contributed by atoms with E-state index in [2.05, 4.69) is 21.5 Å². The zero-order valence-electron chi connectivity index (χ0n) is 10.3. The second kappa shape index (κ2) is 7.70. The van der Waals surface area contributed by atoms with Crippen molar-refractivity contribution >= 4 is 29.1 Å². The van der Waals surface area contributed by atoms with Gasteiger partial charge in [0.25, 0.3) is 0 Å². The van der Waals surface area contributed by atoms with E-state index in [0.29, 0.717) is 6.54 Å². The molecule has 0 radical (unpaired) electrons. The molecule has 8 heteroatoms. The largest absolute Gasteiger partial charge is 0.378 e. The van der Waals surface area contributed by atoms with Gasteiger partial charge in [-0.15, -0.1) is 0 Å². The second-order valence-corrected chi connectivity index (χ2v) is 4.68. The van der Waals surface area contributed by atoms with Gasteiger partial charge in [-0.1, -0.05) is 6.42 Å². The fraction of sp³-hybridized carbons (Fsp3) is 0.600. The Bertz CT molecular complexity index is 402. The van der Waals surface area contributed by atoms with Gasteiger partial charge in [-0.3, -0.25) is 10.1 Å². The molecule has 0 aromatic carbocycles. The number of nitro groups is 1. The van der Waals surface area contributed by atoms with Crippen LogP contribution in [0.5, 0.6) is 0 Å². The van der Waals surface area contributed by atoms with Crippen molar-refractivity contribution in [1.29, 1.82) is 0 Å². The molecule has 0 aliphatic heterocycles. The van der Waals surface area contributed by atoms with Gasteiger partial charge in [0.15, 0.2) is 0 Å². The number of nitrogens with one attached hydrogen (secondary N) is 1. The molecule has 18 heavy (non-hydrogen) atoms. The number of nitrogens with two attached hydrogens (primary N) is 1. The molecule has 100 valence electrons. The van der Waals surface area contributed by atoms with E-state index in [4.69, 9.17) is 5.73 Å². The highest BCUT2D eigenvalue weighted by molar-refractivity contribution is 7.98. The highest BCUT2D eigenvalue weighted by atomic mass is 32.2. The Morgan fingerprint density at radius 2 is 2.22 bits per heavy atom. The van der Waals surface area contributed by atoms with Gasteiger partial charge in [0, 0.05) is 6.54 Å². The minimum atomic E-state index is -0.564. The summed E-state index contributed by atoms with van der Waals surface area (Å²) >= 11 is 1.82. The molecular weight excluding hydrogens is 254 g/mol. The van der Waals surface area contributed by atoms with Gasteiger partial charge < -0.3 is 11.1 Å². The van der Waals surface area contributed by atoms with Crippen molar-refractivity contribution in [3.8, 4) is 0 Å². The summed E-state index contributed by atoms with van der Waals surface area (Å²) in [5.41, 5.74) is 5.21. The van der Waals surface area contributed by atoms with Crippen LogP contribution in [0.1, 0.15) is 19.3 Å². The number of aromatic nitrogens is 2. The third-order valence-corrected chi connectivity index (χ3v) is 3.05. The van der Waals surface area contributed by atoms with E-state index in [0.717, 1.165) is 25.0 Å². The Morgan fingerprint density at radius 3 is 2.89 bits per heavy atom. The first-order valence-electron chi connectivity index (χ1n) is 5.64. The molecular formula is C10H17N5O2S. The normalized spacial score (nSPS) is 10.3. The Hall–Kier alpha value is -1.57. The van der Waals surface area contributed by atoms with Crippen molar-refractivity contribution in [3.05, 3.63) is 16.4 Å². The summed E-state index contributed by atoms with van der Waals surface area (Å²) in [6, 6.07) is 0. The molecule has 0 unspecified atom stereocenters. The standard InChI is InChI=1S/C10H17N5O2S/c1-18-6-4-2-3-5-12-10-8(15(16)17)9(11)13-7-14-10/h7H,2-6H2,1H3,(H3,11,12,13,14). The van der Waals surface area contributed by atoms with Gasteiger partial charge in [0.2, 0.25) is 11.6 Å². The quantitative estimate of drug-likeness (QED) is 0.422. The first-order valence-corrected chi connectivity index (χ1v) is 7.04. The summed E-state index contributed by atoms with van der Waals surface area (Å²) in [5, 5.41) is 13.8. The highest BCUT2D eigenvalue weighted by Crippen LogP contribution is 2.26. The molecule has 1 heterocycles. The lowest BCUT2D eigenvalue weighted by Crippen LogP contribution is -2.09. The number of hydrogen-bond acceptors (Lipinski definition) is 7. The Balaban J connectivity index is 2.47. The minimum Gasteiger partial charge on any atom is -0.378 e. The van der Waals surface area contributed by atoms with Crippen LogP contribution in [-0.2, 0) is 0 Å². The predicted molar refractivity (Wildman–Crippen MR) is 73.8 cm³/mol. The molecule has 1 aromatic rings. The Kier molecular flexibility index (Phi) is 6.20. The van der Waals surface area contributed by atoms with Gasteiger partial charge in [-0.05, 0) is 24.9 Å². The molecule has 7 nitrogen and oxygen atoms in total. The summed E-state index contributed by atoms with van der Waals surface area (Å²) in [6.45, 7) is 0.645. The molecule has 0 bridgehead atoms. The van der Waals surface area contributed by atoms with E-state index in [-0.39, 0.29) is 17.3 Å². The molecule has 0 saturated heterocycles. The lowest BCUT2D eigenvalue weighted by molar-refractivity contribution is -0.383. The maximum Gasteiger partial charge on any atom is 0.352 e. The van der Waals surface area contributed by atoms with Crippen molar-refractivity contribution in [2.45, 2.75) is 19.3 Å². The number of nitrogen functional groups attached to an aromatic ring is 1. The number of thioether (sulfide) groups is 1. The third-order valence-electron chi connectivity index (χ3n) is 2.35. The fourth-order valence-electron chi connectivity index (χ4n) is 1.46. The average Bonchev–Trinajstić information content (AvgIpc) is 2.33. The topological polar surface area (TPSA) is 107 Å². The van der Waals surface area contributed by atoms with Crippen LogP contribution in [0.2, 0.25) is 0 Å². The van der Waals surface area contributed by atoms with E-state index < -0.39 is 4.92 Å². The van der Waals surface area contributed by atoms with Crippen LogP contribution in [0.3, 0.4) is 0 Å². The molecule has 0 atom stereocenters. The first kappa shape index (κ1) is 14.5. The SMILES string of the molecule is CSCCCCCNc1ncnc(N)c1[N+](=O)[O-]. The van der Waals surface area contributed by atoms with Crippen LogP contribution in [0, 0.1) is 10.1 Å². The van der Waals surface area contributed by atoms with Crippen LogP contribution >= 0.6 is 11.8 Å². The van der Waals surface area contributed by atoms with E-state index in [1.54, 1.807) is 0 Å². The van der Waals surface area contributed by atoms with Gasteiger partial charge >= 0.3 is 5.69 Å². The molecule has 3 N–H and O–H groups in total.